The molecule has 18 heavy (non-hydrogen) atoms. The zero-order valence-electron chi connectivity index (χ0n) is 11.4. The lowest BCUT2D eigenvalue weighted by molar-refractivity contribution is -0.131. The third-order valence-corrected chi connectivity index (χ3v) is 3.82. The molecule has 2 heterocycles. The summed E-state index contributed by atoms with van der Waals surface area (Å²) in [5, 5.41) is 0. The number of amides is 1. The molecule has 0 aliphatic carbocycles. The Kier molecular flexibility index (Phi) is 4.42. The first-order chi connectivity index (χ1) is 8.66. The van der Waals surface area contributed by atoms with Crippen LogP contribution in [0, 0.1) is 0 Å². The fourth-order valence-electron chi connectivity index (χ4n) is 2.55. The molecule has 1 aromatic heterocycles. The number of piperidine rings is 1. The number of hydrogen-bond acceptors (Lipinski definition) is 2. The second kappa shape index (κ2) is 6.05. The standard InChI is InChI=1S/C14H23N3O/c1-15-8-4-3-7-13(15)11-16(2)14(18)12-17-9-5-6-10-17/h5-6,9-10,13H,3-4,7-8,11-12H2,1-2H3/t13-/m0/s1. The van der Waals surface area contributed by atoms with Crippen molar-refractivity contribution in [1.82, 2.24) is 14.4 Å². The molecule has 0 unspecified atom stereocenters. The maximum atomic E-state index is 12.1. The molecule has 1 aliphatic rings. The molecule has 4 nitrogen and oxygen atoms in total. The van der Waals surface area contributed by atoms with Gasteiger partial charge >= 0.3 is 0 Å². The first-order valence-electron chi connectivity index (χ1n) is 6.72. The van der Waals surface area contributed by atoms with Gasteiger partial charge in [-0.15, -0.1) is 0 Å². The highest BCUT2D eigenvalue weighted by atomic mass is 16.2. The van der Waals surface area contributed by atoms with Gasteiger partial charge in [-0.2, -0.15) is 0 Å². The third-order valence-electron chi connectivity index (χ3n) is 3.82. The lowest BCUT2D eigenvalue weighted by Gasteiger charge is -2.35. The third kappa shape index (κ3) is 3.35. The van der Waals surface area contributed by atoms with Gasteiger partial charge < -0.3 is 14.4 Å². The van der Waals surface area contributed by atoms with Crippen LogP contribution in [-0.4, -0.2) is 53.5 Å². The van der Waals surface area contributed by atoms with Gasteiger partial charge in [-0.3, -0.25) is 4.79 Å². The van der Waals surface area contributed by atoms with Crippen LogP contribution in [-0.2, 0) is 11.3 Å². The van der Waals surface area contributed by atoms with Gasteiger partial charge in [0.25, 0.3) is 0 Å². The summed E-state index contributed by atoms with van der Waals surface area (Å²) in [6.07, 6.45) is 7.64. The summed E-state index contributed by atoms with van der Waals surface area (Å²) in [6.45, 7) is 2.45. The normalized spacial score (nSPS) is 20.9. The minimum atomic E-state index is 0.185. The Hall–Kier alpha value is -1.29. The van der Waals surface area contributed by atoms with E-state index in [0.717, 1.165) is 13.1 Å². The largest absolute Gasteiger partial charge is 0.345 e. The van der Waals surface area contributed by atoms with Gasteiger partial charge in [-0.25, -0.2) is 0 Å². The van der Waals surface area contributed by atoms with E-state index in [0.29, 0.717) is 12.6 Å². The first kappa shape index (κ1) is 13.1. The van der Waals surface area contributed by atoms with Crippen LogP contribution in [0.15, 0.2) is 24.5 Å². The first-order valence-corrected chi connectivity index (χ1v) is 6.72. The highest BCUT2D eigenvalue weighted by Gasteiger charge is 2.22. The number of rotatable bonds is 4. The summed E-state index contributed by atoms with van der Waals surface area (Å²) in [5.74, 6) is 0.185. The fourth-order valence-corrected chi connectivity index (χ4v) is 2.55. The topological polar surface area (TPSA) is 28.5 Å². The van der Waals surface area contributed by atoms with Crippen LogP contribution >= 0.6 is 0 Å². The second-order valence-corrected chi connectivity index (χ2v) is 5.26. The Balaban J connectivity index is 1.83. The van der Waals surface area contributed by atoms with Gasteiger partial charge in [-0.1, -0.05) is 6.42 Å². The lowest BCUT2D eigenvalue weighted by atomic mass is 10.0. The van der Waals surface area contributed by atoms with Crippen LogP contribution < -0.4 is 0 Å². The van der Waals surface area contributed by atoms with Gasteiger partial charge in [0.2, 0.25) is 5.91 Å². The van der Waals surface area contributed by atoms with Crippen molar-refractivity contribution in [3.05, 3.63) is 24.5 Å². The molecule has 1 fully saturated rings. The Morgan fingerprint density at radius 2 is 2.06 bits per heavy atom. The Labute approximate surface area is 109 Å². The molecule has 1 atom stereocenters. The predicted octanol–water partition coefficient (Wildman–Crippen LogP) is 1.43. The summed E-state index contributed by atoms with van der Waals surface area (Å²) in [5.41, 5.74) is 0. The van der Waals surface area contributed by atoms with Crippen molar-refractivity contribution < 1.29 is 4.79 Å². The van der Waals surface area contributed by atoms with E-state index in [-0.39, 0.29) is 5.91 Å². The van der Waals surface area contributed by atoms with E-state index >= 15 is 0 Å². The van der Waals surface area contributed by atoms with E-state index in [1.54, 1.807) is 0 Å². The van der Waals surface area contributed by atoms with Crippen LogP contribution in [0.25, 0.3) is 0 Å². The Morgan fingerprint density at radius 3 is 2.72 bits per heavy atom. The maximum Gasteiger partial charge on any atom is 0.242 e. The zero-order valence-corrected chi connectivity index (χ0v) is 11.4. The second-order valence-electron chi connectivity index (χ2n) is 5.26. The van der Waals surface area contributed by atoms with Crippen LogP contribution in [0.3, 0.4) is 0 Å². The summed E-state index contributed by atoms with van der Waals surface area (Å²) in [4.78, 5) is 16.3. The van der Waals surface area contributed by atoms with Crippen molar-refractivity contribution in [3.63, 3.8) is 0 Å². The average molecular weight is 249 g/mol. The van der Waals surface area contributed by atoms with Gasteiger partial charge in [0.15, 0.2) is 0 Å². The molecule has 0 saturated carbocycles. The van der Waals surface area contributed by atoms with Crippen molar-refractivity contribution in [2.45, 2.75) is 31.8 Å². The molecule has 1 amide bonds. The fraction of sp³-hybridized carbons (Fsp3) is 0.643. The number of carbonyl (C=O) groups is 1. The monoisotopic (exact) mass is 249 g/mol. The van der Waals surface area contributed by atoms with E-state index in [4.69, 9.17) is 0 Å². The molecule has 0 spiro atoms. The van der Waals surface area contributed by atoms with Crippen LogP contribution in [0.5, 0.6) is 0 Å². The average Bonchev–Trinajstić information content (AvgIpc) is 2.84. The van der Waals surface area contributed by atoms with Crippen molar-refractivity contribution >= 4 is 5.91 Å². The van der Waals surface area contributed by atoms with E-state index in [2.05, 4.69) is 11.9 Å². The van der Waals surface area contributed by atoms with E-state index in [1.807, 2.05) is 41.0 Å². The Morgan fingerprint density at radius 1 is 1.33 bits per heavy atom. The molecule has 1 aromatic rings. The molecular weight excluding hydrogens is 226 g/mol. The zero-order chi connectivity index (χ0) is 13.0. The van der Waals surface area contributed by atoms with Crippen LogP contribution in [0.4, 0.5) is 0 Å². The van der Waals surface area contributed by atoms with Crippen molar-refractivity contribution in [3.8, 4) is 0 Å². The lowest BCUT2D eigenvalue weighted by Crippen LogP contribution is -2.45. The van der Waals surface area contributed by atoms with Crippen LogP contribution in [0.2, 0.25) is 0 Å². The highest BCUT2D eigenvalue weighted by molar-refractivity contribution is 5.75. The quantitative estimate of drug-likeness (QED) is 0.807. The minimum Gasteiger partial charge on any atom is -0.345 e. The Bertz CT molecular complexity index is 374. The van der Waals surface area contributed by atoms with Crippen molar-refractivity contribution in [1.29, 1.82) is 0 Å². The number of likely N-dealkylation sites (tertiary alicyclic amines) is 1. The molecule has 1 saturated heterocycles. The van der Waals surface area contributed by atoms with E-state index in [9.17, 15) is 4.79 Å². The van der Waals surface area contributed by atoms with Crippen molar-refractivity contribution in [2.75, 3.05) is 27.2 Å². The highest BCUT2D eigenvalue weighted by Crippen LogP contribution is 2.15. The maximum absolute atomic E-state index is 12.1. The van der Waals surface area contributed by atoms with Gasteiger partial charge in [-0.05, 0) is 38.6 Å². The predicted molar refractivity (Wildman–Crippen MR) is 72.3 cm³/mol. The van der Waals surface area contributed by atoms with E-state index < -0.39 is 0 Å². The molecule has 0 bridgehead atoms. The smallest absolute Gasteiger partial charge is 0.242 e. The summed E-state index contributed by atoms with van der Waals surface area (Å²) in [7, 11) is 4.07. The van der Waals surface area contributed by atoms with Gasteiger partial charge in [0.1, 0.15) is 6.54 Å². The number of likely N-dealkylation sites (N-methyl/N-ethyl adjacent to an activating group) is 2. The molecule has 0 aromatic carbocycles. The van der Waals surface area contributed by atoms with Gasteiger partial charge in [0.05, 0.1) is 0 Å². The van der Waals surface area contributed by atoms with Crippen molar-refractivity contribution in [2.24, 2.45) is 0 Å². The molecule has 2 rings (SSSR count). The molecule has 0 radical (unpaired) electrons. The van der Waals surface area contributed by atoms with Crippen LogP contribution in [0.1, 0.15) is 19.3 Å². The molecule has 4 heteroatoms. The number of nitrogens with zero attached hydrogens (tertiary/aromatic N) is 3. The summed E-state index contributed by atoms with van der Waals surface area (Å²) in [6, 6.07) is 4.42. The molecular formula is C14H23N3O. The number of carbonyl (C=O) groups excluding carboxylic acids is 1. The molecule has 1 aliphatic heterocycles. The molecule has 0 N–H and O–H groups in total. The van der Waals surface area contributed by atoms with Gasteiger partial charge in [0, 0.05) is 32.0 Å². The number of aromatic nitrogens is 1. The minimum absolute atomic E-state index is 0.185. The summed E-state index contributed by atoms with van der Waals surface area (Å²) < 4.78 is 1.92. The molecule has 100 valence electrons. The SMILES string of the molecule is CN(C[C@@H]1CCCCN1C)C(=O)Cn1cccc1. The van der Waals surface area contributed by atoms with E-state index in [1.165, 1.54) is 19.3 Å². The summed E-state index contributed by atoms with van der Waals surface area (Å²) >= 11 is 0. The number of hydrogen-bond donors (Lipinski definition) is 0.